The lowest BCUT2D eigenvalue weighted by Gasteiger charge is -2.59. The van der Waals surface area contributed by atoms with Crippen LogP contribution in [-0.2, 0) is 15.1 Å². The van der Waals surface area contributed by atoms with Crippen molar-refractivity contribution in [1.29, 1.82) is 5.26 Å². The minimum absolute atomic E-state index is 0.0387. The second-order valence-electron chi connectivity index (χ2n) is 10.3. The third-order valence-corrected chi connectivity index (χ3v) is 7.41. The van der Waals surface area contributed by atoms with E-state index in [0.717, 1.165) is 18.7 Å². The number of nitrogens with zero attached hydrogens (tertiary/aromatic N) is 5. The first-order chi connectivity index (χ1) is 18.4. The molecule has 12 nitrogen and oxygen atoms in total. The second kappa shape index (κ2) is 10.5. The highest BCUT2D eigenvalue weighted by Crippen LogP contribution is 2.53. The summed E-state index contributed by atoms with van der Waals surface area (Å²) in [5.74, 6) is 1.38. The van der Waals surface area contributed by atoms with Crippen molar-refractivity contribution in [2.45, 2.75) is 37.7 Å². The Morgan fingerprint density at radius 3 is 2.87 bits per heavy atom. The van der Waals surface area contributed by atoms with Crippen LogP contribution in [0.25, 0.3) is 0 Å². The van der Waals surface area contributed by atoms with Crippen LogP contribution in [0.3, 0.4) is 0 Å². The molecule has 5 heterocycles. The fraction of sp³-hybridized carbons (Fsp3) is 0.500. The molecule has 0 radical (unpaired) electrons. The van der Waals surface area contributed by atoms with E-state index >= 15 is 0 Å². The third kappa shape index (κ3) is 4.88. The summed E-state index contributed by atoms with van der Waals surface area (Å²) in [6.07, 6.45) is 2.09. The summed E-state index contributed by atoms with van der Waals surface area (Å²) in [7, 11) is 1.59. The molecule has 2 aromatic heterocycles. The number of hydrogen-bond donors (Lipinski definition) is 4. The molecule has 1 unspecified atom stereocenters. The van der Waals surface area contributed by atoms with Crippen LogP contribution in [0.5, 0.6) is 0 Å². The van der Waals surface area contributed by atoms with Gasteiger partial charge in [0, 0.05) is 50.6 Å². The molecule has 1 amide bonds. The molecular formula is C26H32N8O4. The minimum atomic E-state index is -1.21. The summed E-state index contributed by atoms with van der Waals surface area (Å²) < 4.78 is 5.06. The number of carbonyl (C=O) groups is 2. The SMILES string of the molecule is COCCNc1cc(NC(O)N2c3nc(C=O)ccc3C3(NC(=O)CN4CC(C)C4)CC2C3)ncc1C#N. The molecular weight excluding hydrogens is 488 g/mol. The number of pyridine rings is 2. The number of nitrogens with one attached hydrogen (secondary N) is 3. The molecule has 200 valence electrons. The maximum absolute atomic E-state index is 12.9. The number of aliphatic hydroxyl groups excluding tert-OH is 1. The maximum Gasteiger partial charge on any atom is 0.234 e. The van der Waals surface area contributed by atoms with Crippen LogP contribution in [-0.4, -0.2) is 84.5 Å². The summed E-state index contributed by atoms with van der Waals surface area (Å²) in [4.78, 5) is 37.0. The van der Waals surface area contributed by atoms with Gasteiger partial charge in [0.25, 0.3) is 0 Å². The molecule has 4 aliphatic rings. The van der Waals surface area contributed by atoms with E-state index in [1.165, 1.54) is 6.20 Å². The van der Waals surface area contributed by atoms with Gasteiger partial charge in [0.15, 0.2) is 6.29 Å². The number of amides is 1. The fourth-order valence-electron chi connectivity index (χ4n) is 5.64. The topological polar surface area (TPSA) is 156 Å². The highest BCUT2D eigenvalue weighted by Gasteiger charge is 2.57. The Morgan fingerprint density at radius 1 is 1.39 bits per heavy atom. The van der Waals surface area contributed by atoms with Gasteiger partial charge in [0.2, 0.25) is 12.3 Å². The first-order valence-electron chi connectivity index (χ1n) is 12.7. The molecule has 0 aromatic carbocycles. The molecule has 2 aromatic rings. The van der Waals surface area contributed by atoms with E-state index in [9.17, 15) is 20.0 Å². The maximum atomic E-state index is 12.9. The zero-order chi connectivity index (χ0) is 26.9. The number of nitriles is 1. The van der Waals surface area contributed by atoms with Gasteiger partial charge in [0.05, 0.1) is 29.9 Å². The number of ether oxygens (including phenoxy) is 1. The third-order valence-electron chi connectivity index (χ3n) is 7.41. The number of anilines is 3. The molecule has 0 spiro atoms. The Morgan fingerprint density at radius 2 is 2.18 bits per heavy atom. The molecule has 38 heavy (non-hydrogen) atoms. The fourth-order valence-corrected chi connectivity index (χ4v) is 5.64. The van der Waals surface area contributed by atoms with E-state index in [-0.39, 0.29) is 17.6 Å². The zero-order valence-corrected chi connectivity index (χ0v) is 21.5. The lowest BCUT2D eigenvalue weighted by molar-refractivity contribution is -0.127. The number of aldehydes is 1. The van der Waals surface area contributed by atoms with Gasteiger partial charge in [-0.15, -0.1) is 0 Å². The molecule has 1 atom stereocenters. The van der Waals surface area contributed by atoms with Gasteiger partial charge in [-0.2, -0.15) is 5.26 Å². The number of hydrogen-bond acceptors (Lipinski definition) is 11. The lowest BCUT2D eigenvalue weighted by atomic mass is 9.64. The number of aliphatic hydroxyl groups is 1. The van der Waals surface area contributed by atoms with Gasteiger partial charge in [-0.05, 0) is 24.8 Å². The molecule has 1 aliphatic carbocycles. The van der Waals surface area contributed by atoms with Gasteiger partial charge in [0.1, 0.15) is 23.4 Å². The van der Waals surface area contributed by atoms with E-state index in [0.29, 0.717) is 67.6 Å². The molecule has 3 aliphatic heterocycles. The largest absolute Gasteiger partial charge is 0.383 e. The molecule has 1 saturated carbocycles. The van der Waals surface area contributed by atoms with Crippen LogP contribution in [0.4, 0.5) is 17.3 Å². The molecule has 1 saturated heterocycles. The number of methoxy groups -OCH3 is 1. The first-order valence-corrected chi connectivity index (χ1v) is 12.7. The molecule has 6 rings (SSSR count). The minimum Gasteiger partial charge on any atom is -0.383 e. The van der Waals surface area contributed by atoms with Crippen molar-refractivity contribution in [3.8, 4) is 6.07 Å². The Balaban J connectivity index is 1.35. The Labute approximate surface area is 221 Å². The predicted octanol–water partition coefficient (Wildman–Crippen LogP) is 0.853. The second-order valence-corrected chi connectivity index (χ2v) is 10.3. The van der Waals surface area contributed by atoms with Crippen LogP contribution in [0.15, 0.2) is 24.4 Å². The van der Waals surface area contributed by atoms with E-state index in [1.54, 1.807) is 24.1 Å². The highest BCUT2D eigenvalue weighted by molar-refractivity contribution is 5.81. The van der Waals surface area contributed by atoms with E-state index in [1.807, 2.05) is 6.07 Å². The Bertz CT molecular complexity index is 1250. The predicted molar refractivity (Wildman–Crippen MR) is 139 cm³/mol. The standard InChI is InChI=1S/C26H32N8O4/c1-16-12-33(13-16)14-23(36)32-26-8-19(9-26)34(24-20(26)4-3-18(15-35)30-24)25(37)31-22-7-21(28-5-6-38-2)17(10-27)11-29-22/h3-4,7,11,15-16,19,25,37H,5-6,8-9,12-14H2,1-2H3,(H,32,36)(H2,28,29,31). The summed E-state index contributed by atoms with van der Waals surface area (Å²) >= 11 is 0. The average Bonchev–Trinajstić information content (AvgIpc) is 2.87. The van der Waals surface area contributed by atoms with Crippen molar-refractivity contribution in [3.05, 3.63) is 41.2 Å². The van der Waals surface area contributed by atoms with Crippen molar-refractivity contribution in [2.24, 2.45) is 5.92 Å². The number of carbonyl (C=O) groups excluding carboxylic acids is 2. The normalized spacial score (nSPS) is 22.8. The highest BCUT2D eigenvalue weighted by atomic mass is 16.5. The summed E-state index contributed by atoms with van der Waals surface area (Å²) in [5.41, 5.74) is 1.36. The lowest BCUT2D eigenvalue weighted by Crippen LogP contribution is -2.69. The summed E-state index contributed by atoms with van der Waals surface area (Å²) in [5, 5.41) is 30.0. The first kappa shape index (κ1) is 25.8. The molecule has 12 heteroatoms. The number of rotatable bonds is 11. The van der Waals surface area contributed by atoms with Gasteiger partial charge >= 0.3 is 0 Å². The van der Waals surface area contributed by atoms with Crippen molar-refractivity contribution in [1.82, 2.24) is 20.2 Å². The van der Waals surface area contributed by atoms with Crippen LogP contribution >= 0.6 is 0 Å². The van der Waals surface area contributed by atoms with Crippen LogP contribution in [0.2, 0.25) is 0 Å². The Kier molecular flexibility index (Phi) is 7.16. The van der Waals surface area contributed by atoms with Gasteiger partial charge in [-0.3, -0.25) is 14.5 Å². The van der Waals surface area contributed by atoms with E-state index in [4.69, 9.17) is 4.74 Å². The van der Waals surface area contributed by atoms with Gasteiger partial charge in [-0.25, -0.2) is 9.97 Å². The van der Waals surface area contributed by atoms with Crippen LogP contribution in [0.1, 0.15) is 41.4 Å². The smallest absolute Gasteiger partial charge is 0.234 e. The Hall–Kier alpha value is -3.79. The summed E-state index contributed by atoms with van der Waals surface area (Å²) in [6.45, 7) is 5.32. The number of likely N-dealkylation sites (tertiary alicyclic amines) is 1. The molecule has 2 bridgehead atoms. The average molecular weight is 521 g/mol. The van der Waals surface area contributed by atoms with Crippen molar-refractivity contribution in [3.63, 3.8) is 0 Å². The van der Waals surface area contributed by atoms with Crippen LogP contribution in [0, 0.1) is 17.2 Å². The van der Waals surface area contributed by atoms with E-state index in [2.05, 4.69) is 43.8 Å². The van der Waals surface area contributed by atoms with Crippen molar-refractivity contribution < 1.29 is 19.4 Å². The van der Waals surface area contributed by atoms with Crippen molar-refractivity contribution >= 4 is 29.5 Å². The van der Waals surface area contributed by atoms with Crippen molar-refractivity contribution in [2.75, 3.05) is 55.4 Å². The zero-order valence-electron chi connectivity index (χ0n) is 21.5. The van der Waals surface area contributed by atoms with Crippen LogP contribution < -0.4 is 20.9 Å². The number of aromatic nitrogens is 2. The molecule has 2 fully saturated rings. The monoisotopic (exact) mass is 520 g/mol. The van der Waals surface area contributed by atoms with Gasteiger partial charge < -0.3 is 30.7 Å². The van der Waals surface area contributed by atoms with E-state index < -0.39 is 11.9 Å². The van der Waals surface area contributed by atoms with Gasteiger partial charge in [-0.1, -0.05) is 13.0 Å². The quantitative estimate of drug-likeness (QED) is 0.189. The summed E-state index contributed by atoms with van der Waals surface area (Å²) in [6, 6.07) is 7.08. The molecule has 4 N–H and O–H groups in total.